The summed E-state index contributed by atoms with van der Waals surface area (Å²) in [6.07, 6.45) is 0.883. The molecule has 0 radical (unpaired) electrons. The van der Waals surface area contributed by atoms with Crippen LogP contribution in [0.2, 0.25) is 0 Å². The van der Waals surface area contributed by atoms with E-state index < -0.39 is 0 Å². The molecular formula is C15H17N5. The van der Waals surface area contributed by atoms with Gasteiger partial charge in [0.05, 0.1) is 5.69 Å². The first-order chi connectivity index (χ1) is 9.63. The average Bonchev–Trinajstić information content (AvgIpc) is 2.41. The molecule has 20 heavy (non-hydrogen) atoms. The molecule has 0 aliphatic rings. The largest absolute Gasteiger partial charge is 0.370 e. The SMILES string of the molecule is NC(N)=NC(N)=Nc1ccc(Cc2ccccc2)cc1. The highest BCUT2D eigenvalue weighted by Crippen LogP contribution is 2.15. The summed E-state index contributed by atoms with van der Waals surface area (Å²) in [5.74, 6) is -0.0623. The van der Waals surface area contributed by atoms with Crippen molar-refractivity contribution in [3.05, 3.63) is 65.7 Å². The number of hydrogen-bond acceptors (Lipinski definition) is 1. The summed E-state index contributed by atoms with van der Waals surface area (Å²) >= 11 is 0. The quantitative estimate of drug-likeness (QED) is 0.580. The van der Waals surface area contributed by atoms with Gasteiger partial charge in [-0.2, -0.15) is 4.99 Å². The second-order valence-electron chi connectivity index (χ2n) is 4.34. The van der Waals surface area contributed by atoms with Crippen molar-refractivity contribution in [1.29, 1.82) is 0 Å². The third-order valence-corrected chi connectivity index (χ3v) is 2.67. The van der Waals surface area contributed by atoms with E-state index in [1.165, 1.54) is 11.1 Å². The summed E-state index contributed by atoms with van der Waals surface area (Å²) in [7, 11) is 0. The number of rotatable bonds is 3. The van der Waals surface area contributed by atoms with Crippen LogP contribution in [0.4, 0.5) is 5.69 Å². The van der Waals surface area contributed by atoms with Crippen molar-refractivity contribution >= 4 is 17.6 Å². The van der Waals surface area contributed by atoms with Crippen LogP contribution in [0.5, 0.6) is 0 Å². The number of benzene rings is 2. The van der Waals surface area contributed by atoms with E-state index >= 15 is 0 Å². The maximum atomic E-state index is 5.57. The molecule has 0 aliphatic heterocycles. The summed E-state index contributed by atoms with van der Waals surface area (Å²) in [4.78, 5) is 7.76. The summed E-state index contributed by atoms with van der Waals surface area (Å²) in [5, 5.41) is 0. The topological polar surface area (TPSA) is 103 Å². The van der Waals surface area contributed by atoms with Crippen molar-refractivity contribution in [2.45, 2.75) is 6.42 Å². The molecule has 2 aromatic rings. The molecule has 2 rings (SSSR count). The Labute approximate surface area is 117 Å². The Balaban J connectivity index is 2.09. The van der Waals surface area contributed by atoms with Crippen molar-refractivity contribution in [2.75, 3.05) is 0 Å². The zero-order valence-electron chi connectivity index (χ0n) is 11.0. The predicted molar refractivity (Wildman–Crippen MR) is 82.8 cm³/mol. The van der Waals surface area contributed by atoms with E-state index in [0.29, 0.717) is 5.69 Å². The summed E-state index contributed by atoms with van der Waals surface area (Å²) in [5.41, 5.74) is 19.2. The van der Waals surface area contributed by atoms with E-state index in [1.807, 2.05) is 42.5 Å². The molecule has 0 aliphatic carbocycles. The predicted octanol–water partition coefficient (Wildman–Crippen LogP) is 1.50. The Hall–Kier alpha value is -2.82. The molecule has 0 saturated carbocycles. The molecule has 0 heterocycles. The van der Waals surface area contributed by atoms with Gasteiger partial charge in [0.25, 0.3) is 0 Å². The van der Waals surface area contributed by atoms with Gasteiger partial charge in [0.2, 0.25) is 5.96 Å². The lowest BCUT2D eigenvalue weighted by Gasteiger charge is -2.02. The lowest BCUT2D eigenvalue weighted by atomic mass is 10.1. The number of aliphatic imine (C=N–C) groups is 2. The van der Waals surface area contributed by atoms with Gasteiger partial charge in [-0.25, -0.2) is 4.99 Å². The standard InChI is InChI=1S/C15H17N5/c16-14(17)20-15(18)19-13-8-6-12(7-9-13)10-11-4-2-1-3-5-11/h1-9H,10H2,(H6,16,17,18,19,20). The third kappa shape index (κ3) is 4.13. The monoisotopic (exact) mass is 267 g/mol. The first-order valence-electron chi connectivity index (χ1n) is 6.20. The van der Waals surface area contributed by atoms with Crippen LogP contribution < -0.4 is 17.2 Å². The fraction of sp³-hybridized carbons (Fsp3) is 0.0667. The zero-order chi connectivity index (χ0) is 14.4. The van der Waals surface area contributed by atoms with Gasteiger partial charge in [-0.3, -0.25) is 0 Å². The van der Waals surface area contributed by atoms with Crippen LogP contribution in [0.15, 0.2) is 64.6 Å². The minimum Gasteiger partial charge on any atom is -0.370 e. The van der Waals surface area contributed by atoms with Crippen molar-refractivity contribution in [3.63, 3.8) is 0 Å². The lowest BCUT2D eigenvalue weighted by Crippen LogP contribution is -2.26. The molecule has 5 nitrogen and oxygen atoms in total. The van der Waals surface area contributed by atoms with Crippen LogP contribution in [0.1, 0.15) is 11.1 Å². The van der Waals surface area contributed by atoms with Crippen molar-refractivity contribution in [3.8, 4) is 0 Å². The van der Waals surface area contributed by atoms with Crippen molar-refractivity contribution in [1.82, 2.24) is 0 Å². The van der Waals surface area contributed by atoms with E-state index in [1.54, 1.807) is 0 Å². The van der Waals surface area contributed by atoms with Crippen LogP contribution in [-0.2, 0) is 6.42 Å². The van der Waals surface area contributed by atoms with Crippen LogP contribution >= 0.6 is 0 Å². The number of nitrogens with zero attached hydrogens (tertiary/aromatic N) is 2. The highest BCUT2D eigenvalue weighted by atomic mass is 15.1. The number of nitrogens with two attached hydrogens (primary N) is 3. The first kappa shape index (κ1) is 13.6. The summed E-state index contributed by atoms with van der Waals surface area (Å²) in [6, 6.07) is 18.1. The Morgan fingerprint density at radius 2 is 1.40 bits per heavy atom. The van der Waals surface area contributed by atoms with Gasteiger partial charge in [0.15, 0.2) is 5.96 Å². The molecule has 5 heteroatoms. The molecule has 0 atom stereocenters. The number of guanidine groups is 2. The molecule has 0 fully saturated rings. The van der Waals surface area contributed by atoms with Gasteiger partial charge in [0.1, 0.15) is 0 Å². The fourth-order valence-corrected chi connectivity index (χ4v) is 1.81. The average molecular weight is 267 g/mol. The third-order valence-electron chi connectivity index (χ3n) is 2.67. The minimum absolute atomic E-state index is 0.0424. The Kier molecular flexibility index (Phi) is 4.34. The minimum atomic E-state index is -0.105. The molecule has 0 amide bonds. The molecule has 0 spiro atoms. The fourth-order valence-electron chi connectivity index (χ4n) is 1.81. The van der Waals surface area contributed by atoms with Gasteiger partial charge in [0, 0.05) is 0 Å². The Morgan fingerprint density at radius 3 is 2.00 bits per heavy atom. The second kappa shape index (κ2) is 6.38. The van der Waals surface area contributed by atoms with Gasteiger partial charge < -0.3 is 17.2 Å². The molecule has 0 saturated heterocycles. The molecule has 2 aromatic carbocycles. The van der Waals surface area contributed by atoms with E-state index in [4.69, 9.17) is 17.2 Å². The maximum absolute atomic E-state index is 5.57. The maximum Gasteiger partial charge on any atom is 0.223 e. The van der Waals surface area contributed by atoms with E-state index in [0.717, 1.165) is 6.42 Å². The summed E-state index contributed by atoms with van der Waals surface area (Å²) in [6.45, 7) is 0. The molecule has 102 valence electrons. The van der Waals surface area contributed by atoms with E-state index in [9.17, 15) is 0 Å². The van der Waals surface area contributed by atoms with Crippen molar-refractivity contribution in [2.24, 2.45) is 27.2 Å². The van der Waals surface area contributed by atoms with Crippen molar-refractivity contribution < 1.29 is 0 Å². The van der Waals surface area contributed by atoms with Gasteiger partial charge in [-0.05, 0) is 29.7 Å². The van der Waals surface area contributed by atoms with Crippen LogP contribution in [0.25, 0.3) is 0 Å². The zero-order valence-corrected chi connectivity index (χ0v) is 11.0. The first-order valence-corrected chi connectivity index (χ1v) is 6.20. The highest BCUT2D eigenvalue weighted by Gasteiger charge is 1.97. The Morgan fingerprint density at radius 1 is 0.800 bits per heavy atom. The van der Waals surface area contributed by atoms with Gasteiger partial charge in [-0.1, -0.05) is 42.5 Å². The molecule has 0 unspecified atom stereocenters. The Bertz CT molecular complexity index is 610. The summed E-state index contributed by atoms with van der Waals surface area (Å²) < 4.78 is 0. The smallest absolute Gasteiger partial charge is 0.223 e. The molecular weight excluding hydrogens is 250 g/mol. The molecule has 6 N–H and O–H groups in total. The normalized spacial score (nSPS) is 11.1. The van der Waals surface area contributed by atoms with Crippen LogP contribution in [-0.4, -0.2) is 11.9 Å². The second-order valence-corrected chi connectivity index (χ2v) is 4.34. The van der Waals surface area contributed by atoms with Gasteiger partial charge >= 0.3 is 0 Å². The molecule has 0 aromatic heterocycles. The van der Waals surface area contributed by atoms with Gasteiger partial charge in [-0.15, -0.1) is 0 Å². The van der Waals surface area contributed by atoms with E-state index in [2.05, 4.69) is 22.1 Å². The highest BCUT2D eigenvalue weighted by molar-refractivity contribution is 5.93. The van der Waals surface area contributed by atoms with E-state index in [-0.39, 0.29) is 11.9 Å². The molecule has 0 bridgehead atoms. The van der Waals surface area contributed by atoms with Crippen LogP contribution in [0.3, 0.4) is 0 Å². The van der Waals surface area contributed by atoms with Crippen LogP contribution in [0, 0.1) is 0 Å². The number of hydrogen-bond donors (Lipinski definition) is 3. The lowest BCUT2D eigenvalue weighted by molar-refractivity contribution is 1.19.